The molecule has 20 heavy (non-hydrogen) atoms. The molecule has 2 nitrogen and oxygen atoms in total. The molecule has 0 amide bonds. The van der Waals surface area contributed by atoms with E-state index >= 15 is 0 Å². The molecule has 0 bridgehead atoms. The van der Waals surface area contributed by atoms with E-state index in [1.165, 1.54) is 54.2 Å². The largest absolute Gasteiger partial charge is 0.378 e. The van der Waals surface area contributed by atoms with Crippen LogP contribution in [0.1, 0.15) is 29.7 Å². The first-order chi connectivity index (χ1) is 9.84. The van der Waals surface area contributed by atoms with Crippen LogP contribution in [0.4, 0.5) is 11.4 Å². The summed E-state index contributed by atoms with van der Waals surface area (Å²) in [6.45, 7) is 5.49. The van der Waals surface area contributed by atoms with Crippen molar-refractivity contribution in [3.63, 3.8) is 0 Å². The van der Waals surface area contributed by atoms with E-state index in [0.717, 1.165) is 6.54 Å². The van der Waals surface area contributed by atoms with E-state index in [-0.39, 0.29) is 0 Å². The van der Waals surface area contributed by atoms with E-state index in [1.807, 2.05) is 11.3 Å². The Balaban J connectivity index is 1.74. The van der Waals surface area contributed by atoms with Crippen LogP contribution in [0.25, 0.3) is 0 Å². The fraction of sp³-hybridized carbons (Fsp3) is 0.412. The highest BCUT2D eigenvalue weighted by molar-refractivity contribution is 7.10. The molecule has 106 valence electrons. The van der Waals surface area contributed by atoms with Crippen molar-refractivity contribution in [3.05, 3.63) is 46.2 Å². The summed E-state index contributed by atoms with van der Waals surface area (Å²) in [5, 5.41) is 5.79. The van der Waals surface area contributed by atoms with Crippen LogP contribution in [0.15, 0.2) is 35.7 Å². The standard InChI is InChI=1S/C17H22N2S/c1-14-9-12-20-17(14)13-18-15-7-3-4-8-16(15)19-10-5-2-6-11-19/h3-4,7-9,12,18H,2,5-6,10-11,13H2,1H3. The maximum Gasteiger partial charge on any atom is 0.0602 e. The van der Waals surface area contributed by atoms with E-state index in [1.54, 1.807) is 0 Å². The molecule has 0 spiro atoms. The molecule has 0 radical (unpaired) electrons. The molecule has 0 aliphatic carbocycles. The molecule has 1 saturated heterocycles. The van der Waals surface area contributed by atoms with Crippen molar-refractivity contribution < 1.29 is 0 Å². The zero-order valence-electron chi connectivity index (χ0n) is 12.1. The zero-order chi connectivity index (χ0) is 13.8. The summed E-state index contributed by atoms with van der Waals surface area (Å²) in [5.41, 5.74) is 4.02. The Morgan fingerprint density at radius 1 is 1.10 bits per heavy atom. The van der Waals surface area contributed by atoms with Gasteiger partial charge in [-0.25, -0.2) is 0 Å². The Hall–Kier alpha value is -1.48. The van der Waals surface area contributed by atoms with Gasteiger partial charge in [-0.1, -0.05) is 12.1 Å². The molecule has 0 saturated carbocycles. The molecular weight excluding hydrogens is 264 g/mol. The first kappa shape index (κ1) is 13.5. The summed E-state index contributed by atoms with van der Waals surface area (Å²) in [6.07, 6.45) is 4.01. The van der Waals surface area contributed by atoms with Crippen LogP contribution < -0.4 is 10.2 Å². The Kier molecular flexibility index (Phi) is 4.26. The van der Waals surface area contributed by atoms with Crippen LogP contribution in [0.5, 0.6) is 0 Å². The molecular formula is C17H22N2S. The van der Waals surface area contributed by atoms with Crippen LogP contribution in [0.2, 0.25) is 0 Å². The average molecular weight is 286 g/mol. The van der Waals surface area contributed by atoms with Crippen molar-refractivity contribution in [2.75, 3.05) is 23.3 Å². The van der Waals surface area contributed by atoms with Gasteiger partial charge in [0, 0.05) is 24.5 Å². The molecule has 1 aromatic heterocycles. The third-order valence-corrected chi connectivity index (χ3v) is 5.03. The highest BCUT2D eigenvalue weighted by atomic mass is 32.1. The molecule has 2 heterocycles. The minimum atomic E-state index is 0.925. The number of piperidine rings is 1. The summed E-state index contributed by atoms with van der Waals surface area (Å²) >= 11 is 1.83. The predicted molar refractivity (Wildman–Crippen MR) is 88.9 cm³/mol. The molecule has 1 fully saturated rings. The molecule has 1 aliphatic rings. The highest BCUT2D eigenvalue weighted by Crippen LogP contribution is 2.29. The lowest BCUT2D eigenvalue weighted by Gasteiger charge is -2.30. The number of hydrogen-bond donors (Lipinski definition) is 1. The first-order valence-corrected chi connectivity index (χ1v) is 8.33. The number of anilines is 2. The Labute approximate surface area is 125 Å². The molecule has 2 aromatic rings. The van der Waals surface area contributed by atoms with Crippen LogP contribution in [-0.2, 0) is 6.54 Å². The maximum atomic E-state index is 3.62. The number of aryl methyl sites for hydroxylation is 1. The van der Waals surface area contributed by atoms with Gasteiger partial charge in [0.25, 0.3) is 0 Å². The van der Waals surface area contributed by atoms with Gasteiger partial charge in [-0.2, -0.15) is 0 Å². The smallest absolute Gasteiger partial charge is 0.0602 e. The molecule has 3 heteroatoms. The number of benzene rings is 1. The van der Waals surface area contributed by atoms with E-state index in [2.05, 4.69) is 52.9 Å². The van der Waals surface area contributed by atoms with Gasteiger partial charge in [-0.05, 0) is 55.3 Å². The van der Waals surface area contributed by atoms with E-state index in [4.69, 9.17) is 0 Å². The van der Waals surface area contributed by atoms with Gasteiger partial charge in [-0.3, -0.25) is 0 Å². The Morgan fingerprint density at radius 2 is 1.90 bits per heavy atom. The first-order valence-electron chi connectivity index (χ1n) is 7.45. The predicted octanol–water partition coefficient (Wildman–Crippen LogP) is 4.66. The number of nitrogens with zero attached hydrogens (tertiary/aromatic N) is 1. The molecule has 0 atom stereocenters. The lowest BCUT2D eigenvalue weighted by atomic mass is 10.1. The topological polar surface area (TPSA) is 15.3 Å². The average Bonchev–Trinajstić information content (AvgIpc) is 2.92. The summed E-state index contributed by atoms with van der Waals surface area (Å²) < 4.78 is 0. The molecule has 0 unspecified atom stereocenters. The van der Waals surface area contributed by atoms with Gasteiger partial charge in [-0.15, -0.1) is 11.3 Å². The normalized spacial score (nSPS) is 15.3. The van der Waals surface area contributed by atoms with Crippen LogP contribution in [-0.4, -0.2) is 13.1 Å². The third-order valence-electron chi connectivity index (χ3n) is 4.01. The second-order valence-electron chi connectivity index (χ2n) is 5.45. The fourth-order valence-corrected chi connectivity index (χ4v) is 3.64. The minimum absolute atomic E-state index is 0.925. The Bertz CT molecular complexity index is 556. The van der Waals surface area contributed by atoms with E-state index < -0.39 is 0 Å². The van der Waals surface area contributed by atoms with Crippen molar-refractivity contribution in [1.29, 1.82) is 0 Å². The van der Waals surface area contributed by atoms with Gasteiger partial charge in [0.2, 0.25) is 0 Å². The lowest BCUT2D eigenvalue weighted by molar-refractivity contribution is 0.578. The summed E-state index contributed by atoms with van der Waals surface area (Å²) in [6, 6.07) is 10.9. The van der Waals surface area contributed by atoms with Crippen LogP contribution >= 0.6 is 11.3 Å². The molecule has 1 N–H and O–H groups in total. The molecule has 3 rings (SSSR count). The number of thiophene rings is 1. The van der Waals surface area contributed by atoms with Gasteiger partial charge in [0.1, 0.15) is 0 Å². The fourth-order valence-electron chi connectivity index (χ4n) is 2.79. The quantitative estimate of drug-likeness (QED) is 0.879. The maximum absolute atomic E-state index is 3.62. The number of para-hydroxylation sites is 2. The van der Waals surface area contributed by atoms with Gasteiger partial charge in [0.05, 0.1) is 11.4 Å². The third kappa shape index (κ3) is 2.98. The zero-order valence-corrected chi connectivity index (χ0v) is 12.9. The highest BCUT2D eigenvalue weighted by Gasteiger charge is 2.14. The molecule has 1 aromatic carbocycles. The molecule has 1 aliphatic heterocycles. The van der Waals surface area contributed by atoms with Crippen LogP contribution in [0, 0.1) is 6.92 Å². The SMILES string of the molecule is Cc1ccsc1CNc1ccccc1N1CCCCC1. The number of nitrogens with one attached hydrogen (secondary N) is 1. The second kappa shape index (κ2) is 6.31. The van der Waals surface area contributed by atoms with Gasteiger partial charge < -0.3 is 10.2 Å². The minimum Gasteiger partial charge on any atom is -0.378 e. The van der Waals surface area contributed by atoms with Gasteiger partial charge >= 0.3 is 0 Å². The summed E-state index contributed by atoms with van der Waals surface area (Å²) in [7, 11) is 0. The van der Waals surface area contributed by atoms with Crippen molar-refractivity contribution in [1.82, 2.24) is 0 Å². The van der Waals surface area contributed by atoms with Crippen molar-refractivity contribution in [2.24, 2.45) is 0 Å². The summed E-state index contributed by atoms with van der Waals surface area (Å²) in [5.74, 6) is 0. The monoisotopic (exact) mass is 286 g/mol. The number of rotatable bonds is 4. The van der Waals surface area contributed by atoms with Crippen molar-refractivity contribution in [2.45, 2.75) is 32.7 Å². The lowest BCUT2D eigenvalue weighted by Crippen LogP contribution is -2.30. The van der Waals surface area contributed by atoms with Crippen molar-refractivity contribution >= 4 is 22.7 Å². The second-order valence-corrected chi connectivity index (χ2v) is 6.45. The Morgan fingerprint density at radius 3 is 2.65 bits per heavy atom. The van der Waals surface area contributed by atoms with Gasteiger partial charge in [0.15, 0.2) is 0 Å². The van der Waals surface area contributed by atoms with Crippen molar-refractivity contribution in [3.8, 4) is 0 Å². The number of hydrogen-bond acceptors (Lipinski definition) is 3. The van der Waals surface area contributed by atoms with E-state index in [0.29, 0.717) is 0 Å². The van der Waals surface area contributed by atoms with E-state index in [9.17, 15) is 0 Å². The summed E-state index contributed by atoms with van der Waals surface area (Å²) in [4.78, 5) is 3.95. The van der Waals surface area contributed by atoms with Crippen LogP contribution in [0.3, 0.4) is 0 Å².